The number of hydrogen-bond acceptors (Lipinski definition) is 3. The van der Waals surface area contributed by atoms with E-state index in [0.717, 1.165) is 6.42 Å². The number of rotatable bonds is 10. The predicted octanol–water partition coefficient (Wildman–Crippen LogP) is 3.91. The van der Waals surface area contributed by atoms with Crippen molar-refractivity contribution in [2.75, 3.05) is 0 Å². The highest BCUT2D eigenvalue weighted by Gasteiger charge is 2.24. The summed E-state index contributed by atoms with van der Waals surface area (Å²) in [7, 11) is 0. The van der Waals surface area contributed by atoms with Gasteiger partial charge in [-0.2, -0.15) is 0 Å². The van der Waals surface area contributed by atoms with Crippen molar-refractivity contribution in [1.82, 2.24) is 0 Å². The third kappa shape index (κ3) is 7.04. The van der Waals surface area contributed by atoms with Crippen LogP contribution in [0, 0.1) is 5.92 Å². The van der Waals surface area contributed by atoms with E-state index in [-0.39, 0.29) is 24.7 Å². The number of hydrogen-bond donors (Lipinski definition) is 3. The van der Waals surface area contributed by atoms with E-state index in [1.807, 2.05) is 36.4 Å². The van der Waals surface area contributed by atoms with Crippen molar-refractivity contribution in [2.45, 2.75) is 37.6 Å². The van der Waals surface area contributed by atoms with E-state index in [1.165, 1.54) is 11.1 Å². The summed E-state index contributed by atoms with van der Waals surface area (Å²) in [6, 6.07) is 19.1. The molecule has 2 aromatic rings. The van der Waals surface area contributed by atoms with Crippen LogP contribution in [0.2, 0.25) is 0 Å². The van der Waals surface area contributed by atoms with Gasteiger partial charge in [0.2, 0.25) is 0 Å². The van der Waals surface area contributed by atoms with Crippen LogP contribution < -0.4 is 5.73 Å². The second kappa shape index (κ2) is 11.4. The molecule has 0 radical (unpaired) electrons. The van der Waals surface area contributed by atoms with Crippen molar-refractivity contribution in [3.63, 3.8) is 0 Å². The average molecular weight is 392 g/mol. The first-order valence-corrected chi connectivity index (χ1v) is 8.80. The molecule has 0 aromatic heterocycles. The van der Waals surface area contributed by atoms with Gasteiger partial charge in [-0.15, -0.1) is 12.4 Å². The molecule has 0 saturated heterocycles. The Labute approximate surface area is 165 Å². The summed E-state index contributed by atoms with van der Waals surface area (Å²) in [4.78, 5) is 22.3. The summed E-state index contributed by atoms with van der Waals surface area (Å²) in [5.41, 5.74) is 7.88. The minimum Gasteiger partial charge on any atom is -0.481 e. The fourth-order valence-electron chi connectivity index (χ4n) is 3.21. The number of aliphatic carboxylic acids is 2. The zero-order valence-corrected chi connectivity index (χ0v) is 15.8. The first-order chi connectivity index (χ1) is 12.5. The minimum atomic E-state index is -1.16. The molecule has 0 fully saturated rings. The molecule has 0 spiro atoms. The van der Waals surface area contributed by atoms with E-state index in [4.69, 9.17) is 10.8 Å². The van der Waals surface area contributed by atoms with Gasteiger partial charge in [-0.3, -0.25) is 9.59 Å². The number of carboxylic acids is 2. The Morgan fingerprint density at radius 3 is 1.70 bits per heavy atom. The number of nitrogens with two attached hydrogens (primary N) is 1. The summed E-state index contributed by atoms with van der Waals surface area (Å²) in [6.07, 6.45) is 1.83. The Hall–Kier alpha value is -2.37. The smallest absolute Gasteiger partial charge is 0.320 e. The fraction of sp³-hybridized carbons (Fsp3) is 0.333. The number of benzene rings is 2. The molecule has 0 saturated carbocycles. The first-order valence-electron chi connectivity index (χ1n) is 8.80. The molecule has 2 atom stereocenters. The maximum atomic E-state index is 11.4. The fourth-order valence-corrected chi connectivity index (χ4v) is 3.21. The molecule has 6 heteroatoms. The van der Waals surface area contributed by atoms with E-state index >= 15 is 0 Å². The molecule has 2 aromatic carbocycles. The summed E-state index contributed by atoms with van der Waals surface area (Å²) in [5.74, 6) is -2.71. The van der Waals surface area contributed by atoms with Gasteiger partial charge >= 0.3 is 11.9 Å². The van der Waals surface area contributed by atoms with Crippen LogP contribution in [0.25, 0.3) is 0 Å². The van der Waals surface area contributed by atoms with Crippen LogP contribution >= 0.6 is 12.4 Å². The van der Waals surface area contributed by atoms with E-state index in [9.17, 15) is 14.7 Å². The van der Waals surface area contributed by atoms with Gasteiger partial charge in [-0.05, 0) is 30.4 Å². The number of carbonyl (C=O) groups is 2. The van der Waals surface area contributed by atoms with Crippen LogP contribution in [-0.4, -0.2) is 28.2 Å². The Morgan fingerprint density at radius 2 is 1.30 bits per heavy atom. The highest BCUT2D eigenvalue weighted by molar-refractivity contribution is 5.85. The molecule has 146 valence electrons. The third-order valence-electron chi connectivity index (χ3n) is 4.65. The molecule has 0 aliphatic rings. The maximum absolute atomic E-state index is 11.4. The summed E-state index contributed by atoms with van der Waals surface area (Å²) in [5, 5.41) is 18.3. The molecule has 0 heterocycles. The molecule has 0 unspecified atom stereocenters. The second-order valence-corrected chi connectivity index (χ2v) is 6.52. The summed E-state index contributed by atoms with van der Waals surface area (Å²) in [6.45, 7) is 0. The molecule has 0 amide bonds. The maximum Gasteiger partial charge on any atom is 0.320 e. The van der Waals surface area contributed by atoms with Crippen molar-refractivity contribution in [3.8, 4) is 0 Å². The van der Waals surface area contributed by atoms with Gasteiger partial charge < -0.3 is 15.9 Å². The Morgan fingerprint density at radius 1 is 0.815 bits per heavy atom. The quantitative estimate of drug-likeness (QED) is 0.570. The zero-order chi connectivity index (χ0) is 18.9. The van der Waals surface area contributed by atoms with Crippen LogP contribution in [0.3, 0.4) is 0 Å². The molecule has 0 bridgehead atoms. The van der Waals surface area contributed by atoms with Crippen molar-refractivity contribution >= 4 is 24.3 Å². The molecular formula is C21H26ClNO4. The number of carboxylic acid groups (broad SMARTS) is 2. The van der Waals surface area contributed by atoms with Crippen LogP contribution in [0.1, 0.15) is 42.7 Å². The van der Waals surface area contributed by atoms with Gasteiger partial charge in [0, 0.05) is 5.92 Å². The molecule has 4 N–H and O–H groups in total. The van der Waals surface area contributed by atoms with E-state index in [2.05, 4.69) is 24.3 Å². The van der Waals surface area contributed by atoms with E-state index in [1.54, 1.807) is 0 Å². The SMILES string of the molecule is Cl.N[C@@H](C[C@H](CCCC(c1ccccc1)c1ccccc1)C(=O)O)C(=O)O. The Bertz CT molecular complexity index is 669. The molecular weight excluding hydrogens is 366 g/mol. The van der Waals surface area contributed by atoms with Gasteiger partial charge in [0.15, 0.2) is 0 Å². The van der Waals surface area contributed by atoms with Gasteiger partial charge in [0.05, 0.1) is 5.92 Å². The predicted molar refractivity (Wildman–Crippen MR) is 107 cm³/mol. The van der Waals surface area contributed by atoms with E-state index in [0.29, 0.717) is 12.8 Å². The van der Waals surface area contributed by atoms with Crippen molar-refractivity contribution in [1.29, 1.82) is 0 Å². The highest BCUT2D eigenvalue weighted by atomic mass is 35.5. The minimum absolute atomic E-state index is 0. The monoisotopic (exact) mass is 391 g/mol. The second-order valence-electron chi connectivity index (χ2n) is 6.52. The van der Waals surface area contributed by atoms with Crippen molar-refractivity contribution < 1.29 is 19.8 Å². The van der Waals surface area contributed by atoms with Crippen LogP contribution in [0.5, 0.6) is 0 Å². The normalized spacial score (nSPS) is 12.8. The lowest BCUT2D eigenvalue weighted by molar-refractivity contribution is -0.143. The molecule has 27 heavy (non-hydrogen) atoms. The van der Waals surface area contributed by atoms with Crippen LogP contribution in [0.4, 0.5) is 0 Å². The average Bonchev–Trinajstić information content (AvgIpc) is 2.65. The van der Waals surface area contributed by atoms with Gasteiger partial charge in [-0.25, -0.2) is 0 Å². The van der Waals surface area contributed by atoms with Gasteiger partial charge in [-0.1, -0.05) is 67.1 Å². The lowest BCUT2D eigenvalue weighted by Crippen LogP contribution is -2.34. The molecule has 0 aliphatic carbocycles. The van der Waals surface area contributed by atoms with Crippen LogP contribution in [-0.2, 0) is 9.59 Å². The largest absolute Gasteiger partial charge is 0.481 e. The van der Waals surface area contributed by atoms with Crippen molar-refractivity contribution in [2.24, 2.45) is 11.7 Å². The highest BCUT2D eigenvalue weighted by Crippen LogP contribution is 2.30. The third-order valence-corrected chi connectivity index (χ3v) is 4.65. The lowest BCUT2D eigenvalue weighted by atomic mass is 9.85. The van der Waals surface area contributed by atoms with Crippen LogP contribution in [0.15, 0.2) is 60.7 Å². The molecule has 2 rings (SSSR count). The first kappa shape index (κ1) is 22.7. The Kier molecular flexibility index (Phi) is 9.54. The molecule has 0 aliphatic heterocycles. The Balaban J connectivity index is 0.00000364. The van der Waals surface area contributed by atoms with E-state index < -0.39 is 23.9 Å². The topological polar surface area (TPSA) is 101 Å². The molecule has 5 nitrogen and oxygen atoms in total. The standard InChI is InChI=1S/C21H25NO4.ClH/c22-19(21(25)26)14-17(20(23)24)12-7-13-18(15-8-3-1-4-9-15)16-10-5-2-6-11-16;/h1-6,8-11,17-19H,7,12-14,22H2,(H,23,24)(H,25,26);1H/t17-,19-;/m0./s1. The van der Waals surface area contributed by atoms with Crippen molar-refractivity contribution in [3.05, 3.63) is 71.8 Å². The number of halogens is 1. The summed E-state index contributed by atoms with van der Waals surface area (Å²) < 4.78 is 0. The van der Waals surface area contributed by atoms with Gasteiger partial charge in [0.1, 0.15) is 6.04 Å². The zero-order valence-electron chi connectivity index (χ0n) is 15.0. The lowest BCUT2D eigenvalue weighted by Gasteiger charge is -2.20. The van der Waals surface area contributed by atoms with Gasteiger partial charge in [0.25, 0.3) is 0 Å². The summed E-state index contributed by atoms with van der Waals surface area (Å²) >= 11 is 0.